The van der Waals surface area contributed by atoms with Crippen LogP contribution in [0.15, 0.2) is 24.3 Å². The molecule has 1 N–H and O–H groups in total. The highest BCUT2D eigenvalue weighted by Gasteiger charge is 2.31. The number of rotatable bonds is 5. The molecule has 0 aliphatic carbocycles. The maximum absolute atomic E-state index is 12.8. The molecule has 2 aromatic rings. The maximum atomic E-state index is 12.8. The molecule has 0 saturated heterocycles. The number of benzene rings is 1. The number of carbonyl (C=O) groups is 3. The quantitative estimate of drug-likeness (QED) is 0.781. The lowest BCUT2D eigenvalue weighted by atomic mass is 10.1. The van der Waals surface area contributed by atoms with E-state index in [0.29, 0.717) is 23.4 Å². The molecular weight excluding hydrogens is 372 g/mol. The number of hydrogen-bond donors (Lipinski definition) is 1. The molecule has 1 aromatic heterocycles. The first kappa shape index (κ1) is 20.6. The summed E-state index contributed by atoms with van der Waals surface area (Å²) in [6.07, 6.45) is -0.450. The highest BCUT2D eigenvalue weighted by molar-refractivity contribution is 6.02. The van der Waals surface area contributed by atoms with Crippen molar-refractivity contribution < 1.29 is 23.9 Å². The molecule has 3 rings (SSSR count). The molecule has 7 heteroatoms. The summed E-state index contributed by atoms with van der Waals surface area (Å²) in [4.78, 5) is 42.3. The van der Waals surface area contributed by atoms with Crippen molar-refractivity contribution in [3.8, 4) is 0 Å². The molecular formula is C22H26N2O5. The van der Waals surface area contributed by atoms with E-state index >= 15 is 0 Å². The Morgan fingerprint density at radius 2 is 1.72 bits per heavy atom. The fraction of sp³-hybridized carbons (Fsp3) is 0.409. The molecule has 1 amide bonds. The van der Waals surface area contributed by atoms with Crippen LogP contribution in [0, 0.1) is 13.8 Å². The fourth-order valence-corrected chi connectivity index (χ4v) is 3.59. The summed E-state index contributed by atoms with van der Waals surface area (Å²) in [6.45, 7) is 8.98. The minimum atomic E-state index is -0.956. The largest absolute Gasteiger partial charge is 0.459 e. The average molecular weight is 398 g/mol. The molecule has 1 aliphatic rings. The van der Waals surface area contributed by atoms with Crippen LogP contribution in [0.1, 0.15) is 58.4 Å². The molecule has 154 valence electrons. The number of H-pyrrole nitrogens is 1. The Labute approximate surface area is 170 Å². The minimum Gasteiger partial charge on any atom is -0.459 e. The number of anilines is 1. The van der Waals surface area contributed by atoms with Gasteiger partial charge in [0.1, 0.15) is 5.69 Å². The first-order valence-electron chi connectivity index (χ1n) is 9.71. The van der Waals surface area contributed by atoms with Gasteiger partial charge >= 0.3 is 11.9 Å². The molecule has 7 nitrogen and oxygen atoms in total. The summed E-state index contributed by atoms with van der Waals surface area (Å²) in [5.74, 6) is -1.45. The second-order valence-corrected chi connectivity index (χ2v) is 7.50. The third-order valence-corrected chi connectivity index (χ3v) is 4.97. The number of hydrogen-bond acceptors (Lipinski definition) is 5. The number of amides is 1. The van der Waals surface area contributed by atoms with Crippen LogP contribution in [0.2, 0.25) is 0 Å². The fourth-order valence-electron chi connectivity index (χ4n) is 3.59. The molecule has 0 spiro atoms. The zero-order chi connectivity index (χ0) is 21.3. The Kier molecular flexibility index (Phi) is 5.77. The van der Waals surface area contributed by atoms with Gasteiger partial charge in [0.2, 0.25) is 0 Å². The van der Waals surface area contributed by atoms with Crippen LogP contribution in [0.25, 0.3) is 0 Å². The van der Waals surface area contributed by atoms with E-state index < -0.39 is 18.0 Å². The Morgan fingerprint density at radius 1 is 1.03 bits per heavy atom. The highest BCUT2D eigenvalue weighted by atomic mass is 16.6. The molecule has 1 atom stereocenters. The van der Waals surface area contributed by atoms with E-state index in [0.717, 1.165) is 17.7 Å². The normalized spacial score (nSPS) is 13.9. The Hall–Kier alpha value is -3.09. The Bertz CT molecular complexity index is 960. The standard InChI is InChI=1S/C22H26N2O5/c1-12(2)28-21(26)18-13(3)19(23-14(18)4)22(27)29-15(5)20(25)24-11-10-16-8-6-7-9-17(16)24/h6-9,12,15,23H,10-11H2,1-5H3/t15-/m0/s1. The van der Waals surface area contributed by atoms with Gasteiger partial charge < -0.3 is 19.4 Å². The molecule has 2 heterocycles. The average Bonchev–Trinajstić information content (AvgIpc) is 3.21. The van der Waals surface area contributed by atoms with Crippen LogP contribution in [0.5, 0.6) is 0 Å². The summed E-state index contributed by atoms with van der Waals surface area (Å²) < 4.78 is 10.7. The molecule has 0 radical (unpaired) electrons. The minimum absolute atomic E-state index is 0.152. The summed E-state index contributed by atoms with van der Waals surface area (Å²) in [5.41, 5.74) is 3.39. The van der Waals surface area contributed by atoms with E-state index in [1.165, 1.54) is 0 Å². The van der Waals surface area contributed by atoms with E-state index in [4.69, 9.17) is 9.47 Å². The van der Waals surface area contributed by atoms with Crippen LogP contribution in [-0.2, 0) is 20.7 Å². The van der Waals surface area contributed by atoms with E-state index in [9.17, 15) is 14.4 Å². The van der Waals surface area contributed by atoms with Crippen LogP contribution in [-0.4, -0.2) is 41.6 Å². The number of ether oxygens (including phenoxy) is 2. The first-order valence-corrected chi connectivity index (χ1v) is 9.71. The predicted octanol–water partition coefficient (Wildman–Crippen LogP) is 3.33. The van der Waals surface area contributed by atoms with Gasteiger partial charge in [-0.15, -0.1) is 0 Å². The molecule has 0 saturated carbocycles. The van der Waals surface area contributed by atoms with Crippen LogP contribution < -0.4 is 4.90 Å². The summed E-state index contributed by atoms with van der Waals surface area (Å²) in [6, 6.07) is 7.69. The van der Waals surface area contributed by atoms with Crippen molar-refractivity contribution in [2.45, 2.75) is 53.2 Å². The third-order valence-electron chi connectivity index (χ3n) is 4.97. The molecule has 29 heavy (non-hydrogen) atoms. The van der Waals surface area contributed by atoms with Gasteiger partial charge in [0, 0.05) is 17.9 Å². The number of aromatic amines is 1. The number of aryl methyl sites for hydroxylation is 1. The molecule has 0 unspecified atom stereocenters. The Balaban J connectivity index is 1.74. The number of para-hydroxylation sites is 1. The topological polar surface area (TPSA) is 88.7 Å². The number of nitrogens with zero attached hydrogens (tertiary/aromatic N) is 1. The number of nitrogens with one attached hydrogen (secondary N) is 1. The number of fused-ring (bicyclic) bond motifs is 1. The molecule has 1 aliphatic heterocycles. The van der Waals surface area contributed by atoms with Crippen molar-refractivity contribution in [3.63, 3.8) is 0 Å². The van der Waals surface area contributed by atoms with E-state index in [1.54, 1.807) is 39.5 Å². The first-order chi connectivity index (χ1) is 13.7. The van der Waals surface area contributed by atoms with Gasteiger partial charge in [-0.2, -0.15) is 0 Å². The lowest BCUT2D eigenvalue weighted by Gasteiger charge is -2.21. The van der Waals surface area contributed by atoms with E-state index in [-0.39, 0.29) is 17.7 Å². The predicted molar refractivity (Wildman–Crippen MR) is 108 cm³/mol. The summed E-state index contributed by atoms with van der Waals surface area (Å²) >= 11 is 0. The molecule has 0 bridgehead atoms. The van der Waals surface area contributed by atoms with Gasteiger partial charge in [-0.1, -0.05) is 18.2 Å². The lowest BCUT2D eigenvalue weighted by Crippen LogP contribution is -2.39. The van der Waals surface area contributed by atoms with Crippen molar-refractivity contribution in [3.05, 3.63) is 52.3 Å². The third kappa shape index (κ3) is 4.04. The summed E-state index contributed by atoms with van der Waals surface area (Å²) in [7, 11) is 0. The second kappa shape index (κ2) is 8.11. The van der Waals surface area contributed by atoms with Gasteiger partial charge in [0.25, 0.3) is 5.91 Å². The van der Waals surface area contributed by atoms with Crippen LogP contribution in [0.4, 0.5) is 5.69 Å². The van der Waals surface area contributed by atoms with Gasteiger partial charge in [0.15, 0.2) is 6.10 Å². The van der Waals surface area contributed by atoms with Gasteiger partial charge in [-0.05, 0) is 58.2 Å². The molecule has 0 fully saturated rings. The Morgan fingerprint density at radius 3 is 2.41 bits per heavy atom. The van der Waals surface area contributed by atoms with Crippen molar-refractivity contribution >= 4 is 23.5 Å². The van der Waals surface area contributed by atoms with Gasteiger partial charge in [0.05, 0.1) is 11.7 Å². The SMILES string of the molecule is Cc1[nH]c(C(=O)O[C@@H](C)C(=O)N2CCc3ccccc32)c(C)c1C(=O)OC(C)C. The summed E-state index contributed by atoms with van der Waals surface area (Å²) in [5, 5.41) is 0. The molecule has 1 aromatic carbocycles. The van der Waals surface area contributed by atoms with Crippen molar-refractivity contribution in [2.75, 3.05) is 11.4 Å². The zero-order valence-corrected chi connectivity index (χ0v) is 17.4. The van der Waals surface area contributed by atoms with Gasteiger partial charge in [-0.25, -0.2) is 9.59 Å². The maximum Gasteiger partial charge on any atom is 0.355 e. The number of carbonyl (C=O) groups excluding carboxylic acids is 3. The number of esters is 2. The zero-order valence-electron chi connectivity index (χ0n) is 17.4. The van der Waals surface area contributed by atoms with Crippen molar-refractivity contribution in [2.24, 2.45) is 0 Å². The smallest absolute Gasteiger partial charge is 0.355 e. The van der Waals surface area contributed by atoms with Crippen LogP contribution in [0.3, 0.4) is 0 Å². The van der Waals surface area contributed by atoms with Crippen LogP contribution >= 0.6 is 0 Å². The van der Waals surface area contributed by atoms with Gasteiger partial charge in [-0.3, -0.25) is 4.79 Å². The highest BCUT2D eigenvalue weighted by Crippen LogP contribution is 2.28. The second-order valence-electron chi connectivity index (χ2n) is 7.50. The van der Waals surface area contributed by atoms with Crippen molar-refractivity contribution in [1.82, 2.24) is 4.98 Å². The van der Waals surface area contributed by atoms with Crippen molar-refractivity contribution in [1.29, 1.82) is 0 Å². The monoisotopic (exact) mass is 398 g/mol. The lowest BCUT2D eigenvalue weighted by molar-refractivity contribution is -0.126. The number of aromatic nitrogens is 1. The van der Waals surface area contributed by atoms with E-state index in [1.807, 2.05) is 24.3 Å². The van der Waals surface area contributed by atoms with E-state index in [2.05, 4.69) is 4.98 Å².